The number of aryl methyl sites for hydroxylation is 2. The van der Waals surface area contributed by atoms with Gasteiger partial charge in [-0.1, -0.05) is 43.8 Å². The Kier molecular flexibility index (Phi) is 6.08. The summed E-state index contributed by atoms with van der Waals surface area (Å²) in [4.78, 5) is 20.8. The minimum Gasteiger partial charge on any atom is -0.345 e. The lowest BCUT2D eigenvalue weighted by Gasteiger charge is -2.20. The fourth-order valence-electron chi connectivity index (χ4n) is 3.39. The molecule has 7 nitrogen and oxygen atoms in total. The summed E-state index contributed by atoms with van der Waals surface area (Å²) in [5, 5.41) is 12.0. The second-order valence-electron chi connectivity index (χ2n) is 7.97. The van der Waals surface area contributed by atoms with Crippen molar-refractivity contribution in [3.8, 4) is 5.69 Å². The van der Waals surface area contributed by atoms with Gasteiger partial charge in [0.1, 0.15) is 12.2 Å². The molecule has 0 saturated heterocycles. The fraction of sp³-hybridized carbons (Fsp3) is 0.304. The number of aromatic nitrogens is 5. The Hall–Kier alpha value is -3.13. The van der Waals surface area contributed by atoms with Gasteiger partial charge in [-0.25, -0.2) is 4.98 Å². The van der Waals surface area contributed by atoms with Gasteiger partial charge in [0.15, 0.2) is 5.16 Å². The Morgan fingerprint density at radius 1 is 1.16 bits per heavy atom. The first kappa shape index (κ1) is 21.1. The van der Waals surface area contributed by atoms with Gasteiger partial charge in [-0.2, -0.15) is 0 Å². The van der Waals surface area contributed by atoms with E-state index in [2.05, 4.69) is 65.3 Å². The van der Waals surface area contributed by atoms with E-state index < -0.39 is 0 Å². The maximum absolute atomic E-state index is 12.8. The molecule has 160 valence electrons. The zero-order valence-corrected chi connectivity index (χ0v) is 18.9. The molecule has 31 heavy (non-hydrogen) atoms. The molecule has 4 rings (SSSR count). The molecule has 2 aromatic heterocycles. The second kappa shape index (κ2) is 8.93. The summed E-state index contributed by atoms with van der Waals surface area (Å²) < 4.78 is 1.91. The third kappa shape index (κ3) is 4.64. The monoisotopic (exact) mass is 434 g/mol. The fourth-order valence-corrected chi connectivity index (χ4v) is 4.13. The molecule has 0 aliphatic heterocycles. The van der Waals surface area contributed by atoms with Crippen molar-refractivity contribution in [2.45, 2.75) is 38.9 Å². The maximum atomic E-state index is 12.8. The number of fused-ring (bicyclic) bond motifs is 1. The van der Waals surface area contributed by atoms with Crippen LogP contribution < -0.4 is 5.32 Å². The van der Waals surface area contributed by atoms with E-state index in [9.17, 15) is 4.79 Å². The normalized spacial score (nSPS) is 12.4. The largest absolute Gasteiger partial charge is 0.345 e. The molecular weight excluding hydrogens is 408 g/mol. The number of carbonyl (C=O) groups is 1. The molecule has 0 aliphatic carbocycles. The van der Waals surface area contributed by atoms with Crippen LogP contribution in [0.4, 0.5) is 0 Å². The quantitative estimate of drug-likeness (QED) is 0.422. The molecule has 0 unspecified atom stereocenters. The van der Waals surface area contributed by atoms with Crippen molar-refractivity contribution in [2.75, 3.05) is 5.75 Å². The van der Waals surface area contributed by atoms with Crippen molar-refractivity contribution >= 4 is 28.7 Å². The van der Waals surface area contributed by atoms with Gasteiger partial charge in [-0.3, -0.25) is 9.36 Å². The van der Waals surface area contributed by atoms with Gasteiger partial charge in [0, 0.05) is 5.69 Å². The van der Waals surface area contributed by atoms with Crippen molar-refractivity contribution in [1.29, 1.82) is 0 Å². The Balaban J connectivity index is 1.45. The number of aromatic amines is 1. The van der Waals surface area contributed by atoms with Gasteiger partial charge >= 0.3 is 0 Å². The molecule has 2 N–H and O–H groups in total. The first-order chi connectivity index (χ1) is 14.9. The number of amides is 1. The first-order valence-corrected chi connectivity index (χ1v) is 11.3. The lowest BCUT2D eigenvalue weighted by molar-refractivity contribution is -0.119. The van der Waals surface area contributed by atoms with Gasteiger partial charge in [0.05, 0.1) is 22.8 Å². The number of hydrogen-bond acceptors (Lipinski definition) is 5. The maximum Gasteiger partial charge on any atom is 0.231 e. The molecule has 0 spiro atoms. The van der Waals surface area contributed by atoms with E-state index in [4.69, 9.17) is 0 Å². The number of nitrogens with one attached hydrogen (secondary N) is 2. The molecule has 0 aliphatic rings. The van der Waals surface area contributed by atoms with Crippen molar-refractivity contribution < 1.29 is 4.79 Å². The number of para-hydroxylation sites is 2. The molecule has 1 atom stereocenters. The van der Waals surface area contributed by atoms with Gasteiger partial charge in [-0.15, -0.1) is 10.2 Å². The van der Waals surface area contributed by atoms with E-state index in [0.29, 0.717) is 5.16 Å². The number of rotatable bonds is 7. The van der Waals surface area contributed by atoms with E-state index in [1.807, 2.05) is 34.9 Å². The van der Waals surface area contributed by atoms with Crippen LogP contribution in [-0.4, -0.2) is 36.4 Å². The lowest BCUT2D eigenvalue weighted by atomic mass is 10.0. The topological polar surface area (TPSA) is 88.5 Å². The van der Waals surface area contributed by atoms with Gasteiger partial charge < -0.3 is 10.3 Å². The molecule has 1 amide bonds. The Morgan fingerprint density at radius 3 is 2.71 bits per heavy atom. The number of H-pyrrole nitrogens is 1. The average Bonchev–Trinajstić information content (AvgIpc) is 3.39. The number of benzene rings is 2. The Morgan fingerprint density at radius 2 is 1.97 bits per heavy atom. The molecule has 0 bridgehead atoms. The van der Waals surface area contributed by atoms with Crippen molar-refractivity contribution in [2.24, 2.45) is 5.92 Å². The number of imidazole rings is 1. The van der Waals surface area contributed by atoms with E-state index in [-0.39, 0.29) is 23.6 Å². The van der Waals surface area contributed by atoms with Crippen LogP contribution in [0.15, 0.2) is 53.9 Å². The smallest absolute Gasteiger partial charge is 0.231 e. The highest BCUT2D eigenvalue weighted by atomic mass is 32.2. The summed E-state index contributed by atoms with van der Waals surface area (Å²) in [5.74, 6) is 1.13. The predicted octanol–water partition coefficient (Wildman–Crippen LogP) is 4.37. The summed E-state index contributed by atoms with van der Waals surface area (Å²) in [6.07, 6.45) is 1.68. The van der Waals surface area contributed by atoms with Crippen molar-refractivity contribution in [3.05, 3.63) is 65.7 Å². The van der Waals surface area contributed by atoms with E-state index >= 15 is 0 Å². The molecule has 0 radical (unpaired) electrons. The Labute approximate surface area is 185 Å². The summed E-state index contributed by atoms with van der Waals surface area (Å²) in [6, 6.07) is 13.9. The standard InChI is InChI=1S/C23H26N6OS/c1-14(2)21(22-25-18-7-5-6-8-19(18)26-22)27-20(30)12-31-23-28-24-13-29(23)17-10-9-15(3)16(4)11-17/h5-11,13-14,21H,12H2,1-4H3,(H,25,26)(H,27,30)/t21-/m0/s1. The predicted molar refractivity (Wildman–Crippen MR) is 123 cm³/mol. The van der Waals surface area contributed by atoms with Crippen LogP contribution >= 0.6 is 11.8 Å². The zero-order valence-electron chi connectivity index (χ0n) is 18.1. The molecule has 2 aromatic carbocycles. The molecule has 0 fully saturated rings. The van der Waals surface area contributed by atoms with Gasteiger partial charge in [0.25, 0.3) is 0 Å². The minimum atomic E-state index is -0.196. The Bertz CT molecular complexity index is 1180. The van der Waals surface area contributed by atoms with E-state index in [1.54, 1.807) is 6.33 Å². The minimum absolute atomic E-state index is 0.0706. The molecule has 2 heterocycles. The van der Waals surface area contributed by atoms with Crippen LogP contribution in [0.1, 0.15) is 36.8 Å². The molecule has 4 aromatic rings. The summed E-state index contributed by atoms with van der Waals surface area (Å²) in [7, 11) is 0. The van der Waals surface area contributed by atoms with Crippen LogP contribution in [0.5, 0.6) is 0 Å². The molecule has 8 heteroatoms. The summed E-state index contributed by atoms with van der Waals surface area (Å²) >= 11 is 1.37. The number of thioether (sulfide) groups is 1. The van der Waals surface area contributed by atoms with Gasteiger partial charge in [0.2, 0.25) is 5.91 Å². The van der Waals surface area contributed by atoms with Crippen LogP contribution in [0.2, 0.25) is 0 Å². The van der Waals surface area contributed by atoms with Crippen LogP contribution in [0, 0.1) is 19.8 Å². The number of nitrogens with zero attached hydrogens (tertiary/aromatic N) is 4. The van der Waals surface area contributed by atoms with Crippen LogP contribution in [0.3, 0.4) is 0 Å². The number of hydrogen-bond donors (Lipinski definition) is 2. The molecular formula is C23H26N6OS. The van der Waals surface area contributed by atoms with E-state index in [0.717, 1.165) is 22.5 Å². The third-order valence-corrected chi connectivity index (χ3v) is 6.25. The zero-order chi connectivity index (χ0) is 22.0. The van der Waals surface area contributed by atoms with Gasteiger partial charge in [-0.05, 0) is 55.2 Å². The average molecular weight is 435 g/mol. The highest BCUT2D eigenvalue weighted by Crippen LogP contribution is 2.24. The second-order valence-corrected chi connectivity index (χ2v) is 8.91. The third-order valence-electron chi connectivity index (χ3n) is 5.30. The lowest BCUT2D eigenvalue weighted by Crippen LogP contribution is -2.33. The van der Waals surface area contributed by atoms with Crippen molar-refractivity contribution in [3.63, 3.8) is 0 Å². The van der Waals surface area contributed by atoms with Crippen LogP contribution in [-0.2, 0) is 4.79 Å². The van der Waals surface area contributed by atoms with Crippen molar-refractivity contribution in [1.82, 2.24) is 30.0 Å². The summed E-state index contributed by atoms with van der Waals surface area (Å²) in [5.41, 5.74) is 5.28. The van der Waals surface area contributed by atoms with E-state index in [1.165, 1.54) is 22.9 Å². The SMILES string of the molecule is Cc1ccc(-n2cnnc2SCC(=O)N[C@H](c2nc3ccccc3[nH]2)C(C)C)cc1C. The number of carbonyl (C=O) groups excluding carboxylic acids is 1. The molecule has 0 saturated carbocycles. The van der Waals surface area contributed by atoms with Crippen LogP contribution in [0.25, 0.3) is 16.7 Å². The highest BCUT2D eigenvalue weighted by molar-refractivity contribution is 7.99. The summed E-state index contributed by atoms with van der Waals surface area (Å²) in [6.45, 7) is 8.30. The first-order valence-electron chi connectivity index (χ1n) is 10.3. The highest BCUT2D eigenvalue weighted by Gasteiger charge is 2.22.